The van der Waals surface area contributed by atoms with Gasteiger partial charge in [0.25, 0.3) is 0 Å². The van der Waals surface area contributed by atoms with Crippen molar-refractivity contribution in [2.75, 3.05) is 37.7 Å². The largest absolute Gasteiger partial charge is 0.508 e. The third-order valence-corrected chi connectivity index (χ3v) is 4.38. The van der Waals surface area contributed by atoms with Crippen LogP contribution in [0.1, 0.15) is 18.5 Å². The summed E-state index contributed by atoms with van der Waals surface area (Å²) in [5.74, 6) is 2.05. The van der Waals surface area contributed by atoms with E-state index in [4.69, 9.17) is 0 Å². The molecule has 5 heteroatoms. The summed E-state index contributed by atoms with van der Waals surface area (Å²) in [6.45, 7) is 6.19. The van der Waals surface area contributed by atoms with Crippen molar-refractivity contribution in [3.63, 3.8) is 0 Å². The molecule has 1 heterocycles. The number of nitrogens with zero attached hydrogens (tertiary/aromatic N) is 1. The van der Waals surface area contributed by atoms with Crippen molar-refractivity contribution in [2.24, 2.45) is 0 Å². The van der Waals surface area contributed by atoms with Crippen LogP contribution in [0.3, 0.4) is 0 Å². The summed E-state index contributed by atoms with van der Waals surface area (Å²) in [6.07, 6.45) is 0. The number of halogens is 1. The summed E-state index contributed by atoms with van der Waals surface area (Å²) >= 11 is 2.01. The molecule has 0 saturated carbocycles. The number of hydrogen-bond acceptors (Lipinski definition) is 4. The lowest BCUT2D eigenvalue weighted by Gasteiger charge is -2.27. The highest BCUT2D eigenvalue weighted by atomic mass is 32.2. The highest BCUT2D eigenvalue weighted by molar-refractivity contribution is 7.99. The maximum atomic E-state index is 12.9. The molecule has 0 aliphatic carbocycles. The second-order valence-electron chi connectivity index (χ2n) is 4.83. The summed E-state index contributed by atoms with van der Waals surface area (Å²) < 4.78 is 12.9. The SMILES string of the molecule is CC(NCCN1CCSCC1)c1ccc(F)cc1O. The predicted molar refractivity (Wildman–Crippen MR) is 78.2 cm³/mol. The first kappa shape index (κ1) is 14.6. The Morgan fingerprint density at radius 1 is 1.42 bits per heavy atom. The van der Waals surface area contributed by atoms with E-state index in [0.29, 0.717) is 0 Å². The van der Waals surface area contributed by atoms with Crippen molar-refractivity contribution in [1.82, 2.24) is 10.2 Å². The van der Waals surface area contributed by atoms with E-state index in [0.717, 1.165) is 37.8 Å². The first-order valence-corrected chi connectivity index (χ1v) is 7.84. The zero-order valence-electron chi connectivity index (χ0n) is 11.2. The topological polar surface area (TPSA) is 35.5 Å². The highest BCUT2D eigenvalue weighted by Gasteiger charge is 2.13. The molecule has 0 bridgehead atoms. The van der Waals surface area contributed by atoms with Crippen molar-refractivity contribution in [3.05, 3.63) is 29.6 Å². The molecule has 1 aromatic rings. The van der Waals surface area contributed by atoms with Gasteiger partial charge in [-0.15, -0.1) is 0 Å². The maximum absolute atomic E-state index is 12.9. The highest BCUT2D eigenvalue weighted by Crippen LogP contribution is 2.24. The van der Waals surface area contributed by atoms with Crippen LogP contribution in [0.25, 0.3) is 0 Å². The van der Waals surface area contributed by atoms with Crippen molar-refractivity contribution in [3.8, 4) is 5.75 Å². The molecule has 19 heavy (non-hydrogen) atoms. The second kappa shape index (κ2) is 7.12. The molecule has 0 aromatic heterocycles. The first-order chi connectivity index (χ1) is 9.16. The maximum Gasteiger partial charge on any atom is 0.126 e. The van der Waals surface area contributed by atoms with Gasteiger partial charge in [0.1, 0.15) is 11.6 Å². The molecular formula is C14H21FN2OS. The standard InChI is InChI=1S/C14H21FN2OS/c1-11(13-3-2-12(15)10-14(13)18)16-4-5-17-6-8-19-9-7-17/h2-3,10-11,16,18H,4-9H2,1H3. The van der Waals surface area contributed by atoms with Gasteiger partial charge in [-0.1, -0.05) is 6.07 Å². The van der Waals surface area contributed by atoms with Gasteiger partial charge in [-0.05, 0) is 13.0 Å². The minimum absolute atomic E-state index is 0.0226. The summed E-state index contributed by atoms with van der Waals surface area (Å²) in [5, 5.41) is 13.1. The van der Waals surface area contributed by atoms with E-state index >= 15 is 0 Å². The number of hydrogen-bond donors (Lipinski definition) is 2. The zero-order valence-corrected chi connectivity index (χ0v) is 12.0. The Kier molecular flexibility index (Phi) is 5.48. The fourth-order valence-electron chi connectivity index (χ4n) is 2.26. The lowest BCUT2D eigenvalue weighted by Crippen LogP contribution is -2.38. The molecule has 1 aliphatic heterocycles. The molecule has 1 unspecified atom stereocenters. The number of thioether (sulfide) groups is 1. The number of benzene rings is 1. The van der Waals surface area contributed by atoms with Gasteiger partial charge in [0.05, 0.1) is 0 Å². The monoisotopic (exact) mass is 284 g/mol. The molecule has 106 valence electrons. The van der Waals surface area contributed by atoms with Crippen LogP contribution in [0.4, 0.5) is 4.39 Å². The summed E-state index contributed by atoms with van der Waals surface area (Å²) in [6, 6.07) is 4.21. The van der Waals surface area contributed by atoms with Gasteiger partial charge in [0, 0.05) is 55.4 Å². The predicted octanol–water partition coefficient (Wildman–Crippen LogP) is 2.23. The van der Waals surface area contributed by atoms with Gasteiger partial charge < -0.3 is 15.3 Å². The number of phenolic OH excluding ortho intramolecular Hbond substituents is 1. The molecule has 1 aliphatic rings. The van der Waals surface area contributed by atoms with E-state index in [-0.39, 0.29) is 11.8 Å². The van der Waals surface area contributed by atoms with Crippen LogP contribution in [-0.4, -0.2) is 47.7 Å². The van der Waals surface area contributed by atoms with Gasteiger partial charge in [0.15, 0.2) is 0 Å². The number of aromatic hydroxyl groups is 1. The van der Waals surface area contributed by atoms with E-state index in [1.807, 2.05) is 18.7 Å². The van der Waals surface area contributed by atoms with Crippen LogP contribution in [0, 0.1) is 5.82 Å². The van der Waals surface area contributed by atoms with Crippen LogP contribution >= 0.6 is 11.8 Å². The Hall–Kier alpha value is -0.780. The Bertz CT molecular complexity index is 410. The fraction of sp³-hybridized carbons (Fsp3) is 0.571. The van der Waals surface area contributed by atoms with Crippen LogP contribution in [-0.2, 0) is 0 Å². The molecule has 0 amide bonds. The molecule has 1 fully saturated rings. The Balaban J connectivity index is 1.78. The smallest absolute Gasteiger partial charge is 0.126 e. The van der Waals surface area contributed by atoms with E-state index in [9.17, 15) is 9.50 Å². The zero-order chi connectivity index (χ0) is 13.7. The Morgan fingerprint density at radius 2 is 2.16 bits per heavy atom. The number of rotatable bonds is 5. The molecule has 3 nitrogen and oxygen atoms in total. The van der Waals surface area contributed by atoms with Gasteiger partial charge in [0.2, 0.25) is 0 Å². The van der Waals surface area contributed by atoms with Crippen molar-refractivity contribution < 1.29 is 9.50 Å². The second-order valence-corrected chi connectivity index (χ2v) is 6.06. The molecule has 0 spiro atoms. The lowest BCUT2D eigenvalue weighted by molar-refractivity contribution is 0.296. The minimum atomic E-state index is -0.403. The van der Waals surface area contributed by atoms with Crippen molar-refractivity contribution in [1.29, 1.82) is 0 Å². The average Bonchev–Trinajstić information content (AvgIpc) is 2.39. The molecule has 1 aromatic carbocycles. The summed E-state index contributed by atoms with van der Waals surface area (Å²) in [5.41, 5.74) is 0.746. The van der Waals surface area contributed by atoms with E-state index in [1.54, 1.807) is 6.07 Å². The quantitative estimate of drug-likeness (QED) is 0.869. The van der Waals surface area contributed by atoms with Crippen LogP contribution in [0.15, 0.2) is 18.2 Å². The van der Waals surface area contributed by atoms with Crippen molar-refractivity contribution in [2.45, 2.75) is 13.0 Å². The average molecular weight is 284 g/mol. The third kappa shape index (κ3) is 4.37. The fourth-order valence-corrected chi connectivity index (χ4v) is 3.24. The number of nitrogens with one attached hydrogen (secondary N) is 1. The van der Waals surface area contributed by atoms with Gasteiger partial charge in [-0.25, -0.2) is 4.39 Å². The van der Waals surface area contributed by atoms with Crippen LogP contribution in [0.2, 0.25) is 0 Å². The third-order valence-electron chi connectivity index (χ3n) is 3.44. The lowest BCUT2D eigenvalue weighted by atomic mass is 10.1. The Morgan fingerprint density at radius 3 is 2.84 bits per heavy atom. The van der Waals surface area contributed by atoms with Gasteiger partial charge >= 0.3 is 0 Å². The Labute approximate surface area is 118 Å². The van der Waals surface area contributed by atoms with E-state index < -0.39 is 5.82 Å². The molecule has 0 radical (unpaired) electrons. The molecule has 2 rings (SSSR count). The van der Waals surface area contributed by atoms with E-state index in [2.05, 4.69) is 10.2 Å². The minimum Gasteiger partial charge on any atom is -0.508 e. The summed E-state index contributed by atoms with van der Waals surface area (Å²) in [4.78, 5) is 2.45. The molecule has 1 atom stereocenters. The molecule has 2 N–H and O–H groups in total. The van der Waals surface area contributed by atoms with E-state index in [1.165, 1.54) is 17.6 Å². The van der Waals surface area contributed by atoms with Gasteiger partial charge in [-0.2, -0.15) is 11.8 Å². The first-order valence-electron chi connectivity index (χ1n) is 6.68. The van der Waals surface area contributed by atoms with Crippen molar-refractivity contribution >= 4 is 11.8 Å². The molecular weight excluding hydrogens is 263 g/mol. The van der Waals surface area contributed by atoms with Crippen LogP contribution in [0.5, 0.6) is 5.75 Å². The van der Waals surface area contributed by atoms with Gasteiger partial charge in [-0.3, -0.25) is 0 Å². The van der Waals surface area contributed by atoms with Crippen LogP contribution < -0.4 is 5.32 Å². The normalized spacial score (nSPS) is 18.4. The molecule has 1 saturated heterocycles. The summed E-state index contributed by atoms with van der Waals surface area (Å²) in [7, 11) is 0. The number of phenols is 1.